The molecule has 1 saturated heterocycles. The maximum Gasteiger partial charge on any atom is 0.410 e. The summed E-state index contributed by atoms with van der Waals surface area (Å²) in [5.74, 6) is 1.68. The van der Waals surface area contributed by atoms with Crippen LogP contribution in [0, 0.1) is 11.8 Å². The fraction of sp³-hybridized carbons (Fsp3) is 0.923. The molecular weight excluding hydrogens is 402 g/mol. The molecule has 186 valence electrons. The smallest absolute Gasteiger partial charge is 0.410 e. The van der Waals surface area contributed by atoms with Gasteiger partial charge >= 0.3 is 12.1 Å². The van der Waals surface area contributed by atoms with Crippen LogP contribution in [0.1, 0.15) is 111 Å². The standard InChI is InChI=1S/C26H49N3O3/c1-5-13-21(22-14-10-8-6-7-9-11-15-22)16-12-18-27-24(30)28-23-17-19-29(20-23)25(31)32-26(2,3)4/h21-23H,5-20H2,1-4H3,(H2,27,28,30). The fourth-order valence-electron chi connectivity index (χ4n) is 5.30. The van der Waals surface area contributed by atoms with Crippen LogP contribution in [0.5, 0.6) is 0 Å². The van der Waals surface area contributed by atoms with Crippen LogP contribution in [0.15, 0.2) is 0 Å². The van der Waals surface area contributed by atoms with Crippen LogP contribution in [0.4, 0.5) is 9.59 Å². The summed E-state index contributed by atoms with van der Waals surface area (Å²) in [4.78, 5) is 26.2. The van der Waals surface area contributed by atoms with Gasteiger partial charge in [-0.05, 0) is 51.9 Å². The highest BCUT2D eigenvalue weighted by molar-refractivity contribution is 5.74. The molecule has 2 atom stereocenters. The zero-order valence-electron chi connectivity index (χ0n) is 21.2. The lowest BCUT2D eigenvalue weighted by Crippen LogP contribution is -2.44. The van der Waals surface area contributed by atoms with Crippen molar-refractivity contribution in [2.45, 2.75) is 123 Å². The van der Waals surface area contributed by atoms with E-state index in [1.807, 2.05) is 20.8 Å². The second-order valence-corrected chi connectivity index (χ2v) is 11.0. The van der Waals surface area contributed by atoms with Crippen molar-refractivity contribution >= 4 is 12.1 Å². The Bertz CT molecular complexity index is 551. The molecule has 0 aromatic heterocycles. The highest BCUT2D eigenvalue weighted by atomic mass is 16.6. The van der Waals surface area contributed by atoms with Gasteiger partial charge in [-0.2, -0.15) is 0 Å². The average Bonchev–Trinajstić information content (AvgIpc) is 3.22. The molecule has 2 unspecified atom stereocenters. The number of amides is 3. The molecule has 1 saturated carbocycles. The summed E-state index contributed by atoms with van der Waals surface area (Å²) in [5, 5.41) is 6.07. The van der Waals surface area contributed by atoms with Gasteiger partial charge in [-0.1, -0.05) is 71.1 Å². The van der Waals surface area contributed by atoms with E-state index in [-0.39, 0.29) is 18.2 Å². The van der Waals surface area contributed by atoms with Crippen LogP contribution in [-0.4, -0.2) is 48.3 Å². The number of ether oxygens (including phenoxy) is 1. The molecule has 0 aromatic carbocycles. The maximum absolute atomic E-state index is 12.3. The van der Waals surface area contributed by atoms with Gasteiger partial charge in [-0.15, -0.1) is 0 Å². The number of nitrogens with one attached hydrogen (secondary N) is 2. The molecule has 3 amide bonds. The Morgan fingerprint density at radius 3 is 2.28 bits per heavy atom. The summed E-state index contributed by atoms with van der Waals surface area (Å²) < 4.78 is 5.43. The minimum atomic E-state index is -0.495. The van der Waals surface area contributed by atoms with E-state index in [1.54, 1.807) is 4.90 Å². The highest BCUT2D eigenvalue weighted by Crippen LogP contribution is 2.33. The topological polar surface area (TPSA) is 70.7 Å². The Morgan fingerprint density at radius 2 is 1.66 bits per heavy atom. The quantitative estimate of drug-likeness (QED) is 0.429. The third-order valence-corrected chi connectivity index (χ3v) is 6.94. The van der Waals surface area contributed by atoms with Gasteiger partial charge in [0.25, 0.3) is 0 Å². The van der Waals surface area contributed by atoms with E-state index in [1.165, 1.54) is 70.6 Å². The van der Waals surface area contributed by atoms with Gasteiger partial charge in [-0.25, -0.2) is 9.59 Å². The predicted octanol–water partition coefficient (Wildman–Crippen LogP) is 6.24. The number of hydrogen-bond acceptors (Lipinski definition) is 3. The van der Waals surface area contributed by atoms with Gasteiger partial charge in [0.05, 0.1) is 0 Å². The van der Waals surface area contributed by atoms with Crippen molar-refractivity contribution in [1.29, 1.82) is 0 Å². The van der Waals surface area contributed by atoms with Crippen LogP contribution in [-0.2, 0) is 4.74 Å². The van der Waals surface area contributed by atoms with Gasteiger partial charge < -0.3 is 20.3 Å². The van der Waals surface area contributed by atoms with E-state index in [9.17, 15) is 9.59 Å². The summed E-state index contributed by atoms with van der Waals surface area (Å²) in [6.07, 6.45) is 16.5. The number of hydrogen-bond donors (Lipinski definition) is 2. The Hall–Kier alpha value is -1.46. The first-order valence-corrected chi connectivity index (χ1v) is 13.3. The third kappa shape index (κ3) is 10.4. The molecule has 0 radical (unpaired) electrons. The van der Waals surface area contributed by atoms with E-state index in [2.05, 4.69) is 17.6 Å². The molecule has 2 aliphatic rings. The number of likely N-dealkylation sites (tertiary alicyclic amines) is 1. The minimum Gasteiger partial charge on any atom is -0.444 e. The van der Waals surface area contributed by atoms with Crippen molar-refractivity contribution in [3.8, 4) is 0 Å². The summed E-state index contributed by atoms with van der Waals surface area (Å²) in [5.41, 5.74) is -0.495. The Kier molecular flexibility index (Phi) is 11.7. The SMILES string of the molecule is CCCC(CCCNC(=O)NC1CCN(C(=O)OC(C)(C)C)C1)C1CCCCCCCC1. The van der Waals surface area contributed by atoms with Crippen LogP contribution in [0.3, 0.4) is 0 Å². The number of carbonyl (C=O) groups is 2. The van der Waals surface area contributed by atoms with Crippen molar-refractivity contribution < 1.29 is 14.3 Å². The summed E-state index contributed by atoms with van der Waals surface area (Å²) >= 11 is 0. The van der Waals surface area contributed by atoms with E-state index in [0.717, 1.165) is 31.2 Å². The first-order chi connectivity index (χ1) is 15.3. The van der Waals surface area contributed by atoms with Crippen molar-refractivity contribution in [2.24, 2.45) is 11.8 Å². The number of nitrogens with zero attached hydrogens (tertiary/aromatic N) is 1. The molecule has 1 aliphatic heterocycles. The minimum absolute atomic E-state index is 0.00535. The van der Waals surface area contributed by atoms with Gasteiger partial charge in [0.2, 0.25) is 0 Å². The van der Waals surface area contributed by atoms with Crippen molar-refractivity contribution in [3.05, 3.63) is 0 Å². The van der Waals surface area contributed by atoms with Gasteiger partial charge in [0.1, 0.15) is 5.60 Å². The third-order valence-electron chi connectivity index (χ3n) is 6.94. The Balaban J connectivity index is 1.66. The molecule has 2 rings (SSSR count). The van der Waals surface area contributed by atoms with Gasteiger partial charge in [-0.3, -0.25) is 0 Å². The zero-order chi connectivity index (χ0) is 23.4. The van der Waals surface area contributed by atoms with Crippen molar-refractivity contribution in [1.82, 2.24) is 15.5 Å². The Morgan fingerprint density at radius 1 is 1.00 bits per heavy atom. The lowest BCUT2D eigenvalue weighted by atomic mass is 9.79. The lowest BCUT2D eigenvalue weighted by Gasteiger charge is -2.27. The maximum atomic E-state index is 12.3. The van der Waals surface area contributed by atoms with E-state index in [0.29, 0.717) is 13.1 Å². The first kappa shape index (κ1) is 26.8. The average molecular weight is 452 g/mol. The summed E-state index contributed by atoms with van der Waals surface area (Å²) in [7, 11) is 0. The molecule has 6 nitrogen and oxygen atoms in total. The molecule has 2 N–H and O–H groups in total. The second-order valence-electron chi connectivity index (χ2n) is 11.0. The van der Waals surface area contributed by atoms with Crippen LogP contribution in [0.2, 0.25) is 0 Å². The fourth-order valence-corrected chi connectivity index (χ4v) is 5.30. The molecule has 2 fully saturated rings. The van der Waals surface area contributed by atoms with Gasteiger partial charge in [0, 0.05) is 25.7 Å². The van der Waals surface area contributed by atoms with Crippen molar-refractivity contribution in [3.63, 3.8) is 0 Å². The van der Waals surface area contributed by atoms with Crippen LogP contribution >= 0.6 is 0 Å². The zero-order valence-corrected chi connectivity index (χ0v) is 21.2. The molecule has 6 heteroatoms. The normalized spacial score (nSPS) is 21.9. The first-order valence-electron chi connectivity index (χ1n) is 13.3. The molecule has 0 bridgehead atoms. The molecule has 1 heterocycles. The number of urea groups is 1. The van der Waals surface area contributed by atoms with E-state index in [4.69, 9.17) is 4.74 Å². The molecule has 32 heavy (non-hydrogen) atoms. The Labute approximate surface area is 196 Å². The van der Waals surface area contributed by atoms with Crippen LogP contribution < -0.4 is 10.6 Å². The van der Waals surface area contributed by atoms with Gasteiger partial charge in [0.15, 0.2) is 0 Å². The predicted molar refractivity (Wildman–Crippen MR) is 131 cm³/mol. The van der Waals surface area contributed by atoms with Crippen molar-refractivity contribution in [2.75, 3.05) is 19.6 Å². The van der Waals surface area contributed by atoms with E-state index < -0.39 is 5.60 Å². The summed E-state index contributed by atoms with van der Waals surface area (Å²) in [6, 6.07) is -0.121. The number of rotatable bonds is 8. The summed E-state index contributed by atoms with van der Waals surface area (Å²) in [6.45, 7) is 9.77. The molecule has 1 aliphatic carbocycles. The largest absolute Gasteiger partial charge is 0.444 e. The van der Waals surface area contributed by atoms with Crippen LogP contribution in [0.25, 0.3) is 0 Å². The highest BCUT2D eigenvalue weighted by Gasteiger charge is 2.30. The van der Waals surface area contributed by atoms with E-state index >= 15 is 0 Å². The number of carbonyl (C=O) groups excluding carboxylic acids is 2. The molecular formula is C26H49N3O3. The lowest BCUT2D eigenvalue weighted by molar-refractivity contribution is 0.0291. The second kappa shape index (κ2) is 13.9. The molecule has 0 aromatic rings. The monoisotopic (exact) mass is 451 g/mol. The molecule has 0 spiro atoms.